The van der Waals surface area contributed by atoms with Gasteiger partial charge in [-0.1, -0.05) is 37.3 Å². The molecule has 1 aromatic rings. The summed E-state index contributed by atoms with van der Waals surface area (Å²) >= 11 is 0. The summed E-state index contributed by atoms with van der Waals surface area (Å²) in [6, 6.07) is 9.75. The topological polar surface area (TPSA) is 55.6 Å². The van der Waals surface area contributed by atoms with Crippen LogP contribution in [0.4, 0.5) is 4.79 Å². The highest BCUT2D eigenvalue weighted by Gasteiger charge is 2.27. The molecule has 1 amide bonds. The summed E-state index contributed by atoms with van der Waals surface area (Å²) < 4.78 is 5.28. The lowest BCUT2D eigenvalue weighted by atomic mass is 9.95. The molecular formula is C14H20N2O2. The molecule has 0 aliphatic carbocycles. The zero-order chi connectivity index (χ0) is 13.0. The predicted molar refractivity (Wildman–Crippen MR) is 70.0 cm³/mol. The first kappa shape index (κ1) is 12.9. The molecule has 2 rings (SSSR count). The molecule has 0 spiro atoms. The maximum absolute atomic E-state index is 11.9. The maximum atomic E-state index is 11.9. The maximum Gasteiger partial charge on any atom is 0.410 e. The van der Waals surface area contributed by atoms with Crippen LogP contribution in [0.25, 0.3) is 0 Å². The Labute approximate surface area is 108 Å². The van der Waals surface area contributed by atoms with Crippen LogP contribution in [0.5, 0.6) is 0 Å². The van der Waals surface area contributed by atoms with Crippen LogP contribution < -0.4 is 5.73 Å². The van der Waals surface area contributed by atoms with E-state index in [0.29, 0.717) is 19.1 Å². The Hall–Kier alpha value is -1.55. The fraction of sp³-hybridized carbons (Fsp3) is 0.500. The van der Waals surface area contributed by atoms with E-state index in [1.165, 1.54) is 0 Å². The van der Waals surface area contributed by atoms with Gasteiger partial charge in [0.25, 0.3) is 0 Å². The number of ether oxygens (including phenoxy) is 1. The Morgan fingerprint density at radius 3 is 2.83 bits per heavy atom. The van der Waals surface area contributed by atoms with Gasteiger partial charge in [-0.05, 0) is 17.9 Å². The van der Waals surface area contributed by atoms with Crippen LogP contribution >= 0.6 is 0 Å². The van der Waals surface area contributed by atoms with Gasteiger partial charge in [-0.3, -0.25) is 0 Å². The van der Waals surface area contributed by atoms with Crippen molar-refractivity contribution < 1.29 is 9.53 Å². The molecule has 98 valence electrons. The Kier molecular flexibility index (Phi) is 4.20. The highest BCUT2D eigenvalue weighted by atomic mass is 16.6. The van der Waals surface area contributed by atoms with E-state index in [2.05, 4.69) is 6.92 Å². The Bertz CT molecular complexity index is 394. The minimum Gasteiger partial charge on any atom is -0.445 e. The van der Waals surface area contributed by atoms with Gasteiger partial charge in [-0.25, -0.2) is 4.79 Å². The molecule has 0 bridgehead atoms. The molecular weight excluding hydrogens is 228 g/mol. The van der Waals surface area contributed by atoms with Crippen LogP contribution in [0.1, 0.15) is 18.9 Å². The van der Waals surface area contributed by atoms with Gasteiger partial charge in [0.15, 0.2) is 0 Å². The quantitative estimate of drug-likeness (QED) is 0.870. The largest absolute Gasteiger partial charge is 0.445 e. The van der Waals surface area contributed by atoms with Crippen LogP contribution in [0, 0.1) is 5.92 Å². The molecule has 1 saturated heterocycles. The van der Waals surface area contributed by atoms with Crippen LogP contribution in [0.3, 0.4) is 0 Å². The van der Waals surface area contributed by atoms with Gasteiger partial charge < -0.3 is 15.4 Å². The van der Waals surface area contributed by atoms with Crippen molar-refractivity contribution >= 4 is 6.09 Å². The Morgan fingerprint density at radius 2 is 2.17 bits per heavy atom. The number of hydrogen-bond acceptors (Lipinski definition) is 3. The Morgan fingerprint density at radius 1 is 1.44 bits per heavy atom. The summed E-state index contributed by atoms with van der Waals surface area (Å²) in [4.78, 5) is 13.6. The number of likely N-dealkylation sites (tertiary alicyclic amines) is 1. The first-order valence-electron chi connectivity index (χ1n) is 6.38. The van der Waals surface area contributed by atoms with Crippen molar-refractivity contribution in [3.05, 3.63) is 35.9 Å². The number of piperidine rings is 1. The highest BCUT2D eigenvalue weighted by Crippen LogP contribution is 2.16. The van der Waals surface area contributed by atoms with E-state index in [0.717, 1.165) is 18.5 Å². The second-order valence-electron chi connectivity index (χ2n) is 4.92. The second kappa shape index (κ2) is 5.87. The molecule has 0 saturated carbocycles. The predicted octanol–water partition coefficient (Wildman–Crippen LogP) is 1.99. The van der Waals surface area contributed by atoms with Crippen molar-refractivity contribution in [3.63, 3.8) is 0 Å². The number of nitrogens with two attached hydrogens (primary N) is 1. The van der Waals surface area contributed by atoms with Crippen molar-refractivity contribution in [3.8, 4) is 0 Å². The molecule has 4 nitrogen and oxygen atoms in total. The number of carbonyl (C=O) groups excluding carboxylic acids is 1. The lowest BCUT2D eigenvalue weighted by Gasteiger charge is -2.34. The molecule has 4 heteroatoms. The van der Waals surface area contributed by atoms with E-state index >= 15 is 0 Å². The van der Waals surface area contributed by atoms with Gasteiger partial charge in [0.1, 0.15) is 6.61 Å². The number of hydrogen-bond donors (Lipinski definition) is 1. The third-order valence-electron chi connectivity index (χ3n) is 3.48. The molecule has 0 aromatic heterocycles. The summed E-state index contributed by atoms with van der Waals surface area (Å²) in [5, 5.41) is 0. The molecule has 1 aromatic carbocycles. The standard InChI is InChI=1S/C14H20N2O2/c1-11-7-8-16(9-13(11)15)14(17)18-10-12-5-3-2-4-6-12/h2-6,11,13H,7-10,15H2,1H3/t11-,13+/m0/s1. The van der Waals surface area contributed by atoms with E-state index in [4.69, 9.17) is 10.5 Å². The van der Waals surface area contributed by atoms with Crippen molar-refractivity contribution in [2.75, 3.05) is 13.1 Å². The zero-order valence-electron chi connectivity index (χ0n) is 10.7. The summed E-state index contributed by atoms with van der Waals surface area (Å²) in [5.74, 6) is 0.475. The molecule has 0 unspecified atom stereocenters. The average molecular weight is 248 g/mol. The third-order valence-corrected chi connectivity index (χ3v) is 3.48. The average Bonchev–Trinajstić information content (AvgIpc) is 2.40. The van der Waals surface area contributed by atoms with E-state index in [1.807, 2.05) is 30.3 Å². The summed E-state index contributed by atoms with van der Waals surface area (Å²) in [7, 11) is 0. The van der Waals surface area contributed by atoms with Gasteiger partial charge in [0.2, 0.25) is 0 Å². The number of carbonyl (C=O) groups is 1. The third kappa shape index (κ3) is 3.23. The first-order chi connectivity index (χ1) is 8.66. The summed E-state index contributed by atoms with van der Waals surface area (Å²) in [6.07, 6.45) is 0.683. The lowest BCUT2D eigenvalue weighted by molar-refractivity contribution is 0.0787. The zero-order valence-corrected chi connectivity index (χ0v) is 10.7. The van der Waals surface area contributed by atoms with Gasteiger partial charge >= 0.3 is 6.09 Å². The molecule has 0 radical (unpaired) electrons. The van der Waals surface area contributed by atoms with Crippen LogP contribution in [-0.4, -0.2) is 30.1 Å². The van der Waals surface area contributed by atoms with Gasteiger partial charge in [0.05, 0.1) is 0 Å². The van der Waals surface area contributed by atoms with E-state index < -0.39 is 0 Å². The van der Waals surface area contributed by atoms with Crippen LogP contribution in [0.2, 0.25) is 0 Å². The number of benzene rings is 1. The van der Waals surface area contributed by atoms with Crippen molar-refractivity contribution in [1.82, 2.24) is 4.90 Å². The molecule has 2 atom stereocenters. The molecule has 2 N–H and O–H groups in total. The fourth-order valence-corrected chi connectivity index (χ4v) is 2.08. The van der Waals surface area contributed by atoms with Crippen LogP contribution in [-0.2, 0) is 11.3 Å². The lowest BCUT2D eigenvalue weighted by Crippen LogP contribution is -2.49. The molecule has 1 aliphatic heterocycles. The van der Waals surface area contributed by atoms with E-state index in [1.54, 1.807) is 4.90 Å². The number of amides is 1. The minimum atomic E-state index is -0.263. The molecule has 18 heavy (non-hydrogen) atoms. The Balaban J connectivity index is 1.82. The van der Waals surface area contributed by atoms with Crippen LogP contribution in [0.15, 0.2) is 30.3 Å². The van der Waals surface area contributed by atoms with Crippen molar-refractivity contribution in [2.45, 2.75) is 26.0 Å². The highest BCUT2D eigenvalue weighted by molar-refractivity contribution is 5.67. The normalized spacial score (nSPS) is 23.8. The molecule has 1 fully saturated rings. The first-order valence-corrected chi connectivity index (χ1v) is 6.38. The van der Waals surface area contributed by atoms with Crippen molar-refractivity contribution in [1.29, 1.82) is 0 Å². The summed E-state index contributed by atoms with van der Waals surface area (Å²) in [6.45, 7) is 3.77. The number of nitrogens with zero attached hydrogens (tertiary/aromatic N) is 1. The number of rotatable bonds is 2. The van der Waals surface area contributed by atoms with E-state index in [9.17, 15) is 4.79 Å². The van der Waals surface area contributed by atoms with E-state index in [-0.39, 0.29) is 12.1 Å². The van der Waals surface area contributed by atoms with Gasteiger partial charge in [-0.2, -0.15) is 0 Å². The van der Waals surface area contributed by atoms with Gasteiger partial charge in [0, 0.05) is 19.1 Å². The summed E-state index contributed by atoms with van der Waals surface area (Å²) in [5.41, 5.74) is 6.96. The van der Waals surface area contributed by atoms with Crippen molar-refractivity contribution in [2.24, 2.45) is 11.7 Å². The SMILES string of the molecule is C[C@H]1CCN(C(=O)OCc2ccccc2)C[C@H]1N. The minimum absolute atomic E-state index is 0.0584. The molecule has 1 aliphatic rings. The second-order valence-corrected chi connectivity index (χ2v) is 4.92. The smallest absolute Gasteiger partial charge is 0.410 e. The fourth-order valence-electron chi connectivity index (χ4n) is 2.08. The monoisotopic (exact) mass is 248 g/mol. The van der Waals surface area contributed by atoms with Gasteiger partial charge in [-0.15, -0.1) is 0 Å². The molecule has 1 heterocycles.